The summed E-state index contributed by atoms with van der Waals surface area (Å²) in [7, 11) is 0. The molecular weight excluding hydrogens is 396 g/mol. The number of carbonyl (C=O) groups is 1. The van der Waals surface area contributed by atoms with E-state index in [1.54, 1.807) is 12.1 Å². The van der Waals surface area contributed by atoms with Crippen molar-refractivity contribution < 1.29 is 13.9 Å². The van der Waals surface area contributed by atoms with Crippen LogP contribution in [0, 0.1) is 0 Å². The first-order chi connectivity index (χ1) is 11.2. The van der Waals surface area contributed by atoms with Gasteiger partial charge in [0.1, 0.15) is 18.1 Å². The zero-order valence-electron chi connectivity index (χ0n) is 13.1. The molecule has 1 atom stereocenters. The third kappa shape index (κ3) is 5.26. The number of nitrogens with one attached hydrogen (secondary N) is 2. The van der Waals surface area contributed by atoms with E-state index in [1.807, 2.05) is 24.3 Å². The van der Waals surface area contributed by atoms with Gasteiger partial charge in [-0.1, -0.05) is 15.9 Å². The zero-order chi connectivity index (χ0) is 16.1. The molecule has 1 unspecified atom stereocenters. The monoisotopic (exact) mass is 414 g/mol. The highest BCUT2D eigenvalue weighted by atomic mass is 79.9. The Balaban J connectivity index is 0.00000208. The largest absolute Gasteiger partial charge is 0.486 e. The number of ether oxygens (including phenoxy) is 1. The number of hydrogen-bond donors (Lipinski definition) is 2. The molecule has 7 heteroatoms. The summed E-state index contributed by atoms with van der Waals surface area (Å²) in [4.78, 5) is 12.2. The molecule has 0 bridgehead atoms. The van der Waals surface area contributed by atoms with Crippen LogP contribution in [0.4, 0.5) is 0 Å². The van der Waals surface area contributed by atoms with Crippen molar-refractivity contribution >= 4 is 34.2 Å². The summed E-state index contributed by atoms with van der Waals surface area (Å²) in [6.45, 7) is 2.12. The van der Waals surface area contributed by atoms with E-state index in [0.717, 1.165) is 36.2 Å². The molecule has 1 fully saturated rings. The van der Waals surface area contributed by atoms with E-state index >= 15 is 0 Å². The van der Waals surface area contributed by atoms with Gasteiger partial charge in [0.05, 0.1) is 0 Å². The maximum atomic E-state index is 12.2. The van der Waals surface area contributed by atoms with Gasteiger partial charge in [-0.2, -0.15) is 0 Å². The van der Waals surface area contributed by atoms with Crippen molar-refractivity contribution in [3.63, 3.8) is 0 Å². The number of halogens is 2. The summed E-state index contributed by atoms with van der Waals surface area (Å²) in [6, 6.07) is 11.2. The Morgan fingerprint density at radius 2 is 2.08 bits per heavy atom. The van der Waals surface area contributed by atoms with Crippen molar-refractivity contribution in [2.45, 2.75) is 25.5 Å². The summed E-state index contributed by atoms with van der Waals surface area (Å²) in [6.07, 6.45) is 2.08. The average molecular weight is 416 g/mol. The van der Waals surface area contributed by atoms with Crippen LogP contribution in [-0.4, -0.2) is 25.0 Å². The quantitative estimate of drug-likeness (QED) is 0.784. The highest BCUT2D eigenvalue weighted by Gasteiger charge is 2.18. The molecule has 1 saturated heterocycles. The summed E-state index contributed by atoms with van der Waals surface area (Å²) in [5.41, 5.74) is 0. The fourth-order valence-electron chi connectivity index (χ4n) is 2.49. The molecule has 3 rings (SSSR count). The molecule has 0 saturated carbocycles. The summed E-state index contributed by atoms with van der Waals surface area (Å²) < 4.78 is 12.2. The van der Waals surface area contributed by atoms with Crippen LogP contribution in [0.15, 0.2) is 45.3 Å². The number of furan rings is 1. The molecule has 0 aliphatic carbocycles. The second-order valence-electron chi connectivity index (χ2n) is 5.53. The number of amides is 1. The van der Waals surface area contributed by atoms with E-state index in [-0.39, 0.29) is 24.4 Å². The van der Waals surface area contributed by atoms with Crippen LogP contribution in [0.2, 0.25) is 0 Å². The summed E-state index contributed by atoms with van der Waals surface area (Å²) >= 11 is 3.38. The van der Waals surface area contributed by atoms with Crippen LogP contribution in [-0.2, 0) is 6.61 Å². The minimum Gasteiger partial charge on any atom is -0.486 e. The number of benzene rings is 1. The minimum absolute atomic E-state index is 0. The van der Waals surface area contributed by atoms with Gasteiger partial charge in [0, 0.05) is 17.1 Å². The lowest BCUT2D eigenvalue weighted by Crippen LogP contribution is -2.45. The van der Waals surface area contributed by atoms with Gasteiger partial charge in [-0.3, -0.25) is 4.79 Å². The Hall–Kier alpha value is -1.50. The lowest BCUT2D eigenvalue weighted by Gasteiger charge is -2.23. The van der Waals surface area contributed by atoms with Crippen molar-refractivity contribution in [2.24, 2.45) is 0 Å². The molecule has 5 nitrogen and oxygen atoms in total. The highest BCUT2D eigenvalue weighted by Crippen LogP contribution is 2.18. The lowest BCUT2D eigenvalue weighted by molar-refractivity contribution is 0.0898. The second kappa shape index (κ2) is 9.11. The third-order valence-electron chi connectivity index (χ3n) is 3.71. The zero-order valence-corrected chi connectivity index (χ0v) is 15.5. The highest BCUT2D eigenvalue weighted by molar-refractivity contribution is 9.10. The molecule has 2 aromatic rings. The fraction of sp³-hybridized carbons (Fsp3) is 0.353. The Kier molecular flexibility index (Phi) is 7.15. The van der Waals surface area contributed by atoms with Crippen molar-refractivity contribution in [1.82, 2.24) is 10.6 Å². The molecule has 1 aromatic heterocycles. The Bertz CT molecular complexity index is 654. The molecule has 0 spiro atoms. The molecule has 1 aliphatic heterocycles. The fourth-order valence-corrected chi connectivity index (χ4v) is 2.76. The van der Waals surface area contributed by atoms with Crippen molar-refractivity contribution in [2.75, 3.05) is 13.1 Å². The molecule has 1 aromatic carbocycles. The van der Waals surface area contributed by atoms with E-state index in [0.29, 0.717) is 18.1 Å². The standard InChI is InChI=1S/C17H19BrN2O3.ClH/c18-12-3-5-14(6-4-12)22-11-15-7-8-16(23-15)17(21)20-13-2-1-9-19-10-13;/h3-8,13,19H,1-2,9-11H2,(H,20,21);1H. The van der Waals surface area contributed by atoms with Gasteiger partial charge in [-0.05, 0) is 55.8 Å². The van der Waals surface area contributed by atoms with Crippen LogP contribution >= 0.6 is 28.3 Å². The summed E-state index contributed by atoms with van der Waals surface area (Å²) in [5.74, 6) is 1.53. The maximum absolute atomic E-state index is 12.2. The van der Waals surface area contributed by atoms with Gasteiger partial charge in [-0.25, -0.2) is 0 Å². The SMILES string of the molecule is Cl.O=C(NC1CCCNC1)c1ccc(COc2ccc(Br)cc2)o1. The Morgan fingerprint density at radius 3 is 2.79 bits per heavy atom. The smallest absolute Gasteiger partial charge is 0.287 e. The van der Waals surface area contributed by atoms with Crippen LogP contribution in [0.3, 0.4) is 0 Å². The predicted octanol–water partition coefficient (Wildman–Crippen LogP) is 3.52. The molecule has 2 heterocycles. The van der Waals surface area contributed by atoms with Crippen molar-refractivity contribution in [3.8, 4) is 5.75 Å². The Morgan fingerprint density at radius 1 is 1.29 bits per heavy atom. The number of hydrogen-bond acceptors (Lipinski definition) is 4. The van der Waals surface area contributed by atoms with Crippen LogP contribution in [0.25, 0.3) is 0 Å². The molecule has 1 aliphatic rings. The molecule has 1 amide bonds. The van der Waals surface area contributed by atoms with E-state index in [9.17, 15) is 4.79 Å². The van der Waals surface area contributed by atoms with Crippen molar-refractivity contribution in [1.29, 1.82) is 0 Å². The minimum atomic E-state index is -0.173. The van der Waals surface area contributed by atoms with Crippen LogP contribution in [0.5, 0.6) is 5.75 Å². The maximum Gasteiger partial charge on any atom is 0.287 e. The third-order valence-corrected chi connectivity index (χ3v) is 4.24. The second-order valence-corrected chi connectivity index (χ2v) is 6.44. The van der Waals surface area contributed by atoms with Gasteiger partial charge in [0.15, 0.2) is 5.76 Å². The number of rotatable bonds is 5. The molecule has 24 heavy (non-hydrogen) atoms. The molecule has 130 valence electrons. The van der Waals surface area contributed by atoms with E-state index < -0.39 is 0 Å². The van der Waals surface area contributed by atoms with E-state index in [1.165, 1.54) is 0 Å². The van der Waals surface area contributed by atoms with Crippen LogP contribution in [0.1, 0.15) is 29.2 Å². The van der Waals surface area contributed by atoms with Crippen molar-refractivity contribution in [3.05, 3.63) is 52.4 Å². The van der Waals surface area contributed by atoms with Gasteiger partial charge in [0.25, 0.3) is 5.91 Å². The van der Waals surface area contributed by atoms with Gasteiger partial charge >= 0.3 is 0 Å². The Labute approximate surface area is 155 Å². The van der Waals surface area contributed by atoms with E-state index in [4.69, 9.17) is 9.15 Å². The molecule has 0 radical (unpaired) electrons. The molecule has 2 N–H and O–H groups in total. The first-order valence-electron chi connectivity index (χ1n) is 7.69. The molecular formula is C17H20BrClN2O3. The topological polar surface area (TPSA) is 63.5 Å². The lowest BCUT2D eigenvalue weighted by atomic mass is 10.1. The summed E-state index contributed by atoms with van der Waals surface area (Å²) in [5, 5.41) is 6.26. The first-order valence-corrected chi connectivity index (χ1v) is 8.49. The average Bonchev–Trinajstić information content (AvgIpc) is 3.04. The number of piperidine rings is 1. The predicted molar refractivity (Wildman–Crippen MR) is 97.8 cm³/mol. The first kappa shape index (κ1) is 18.8. The van der Waals surface area contributed by atoms with Crippen LogP contribution < -0.4 is 15.4 Å². The van der Waals surface area contributed by atoms with Gasteiger partial charge < -0.3 is 19.8 Å². The number of carbonyl (C=O) groups excluding carboxylic acids is 1. The van der Waals surface area contributed by atoms with Gasteiger partial charge in [0.2, 0.25) is 0 Å². The normalized spacial score (nSPS) is 17.0. The van der Waals surface area contributed by atoms with Gasteiger partial charge in [-0.15, -0.1) is 12.4 Å². The van der Waals surface area contributed by atoms with E-state index in [2.05, 4.69) is 26.6 Å².